The molecule has 0 spiro atoms. The number of amides is 1. The average Bonchev–Trinajstić information content (AvgIpc) is 2.30. The van der Waals surface area contributed by atoms with Crippen LogP contribution in [0.15, 0.2) is 18.2 Å². The van der Waals surface area contributed by atoms with Gasteiger partial charge in [-0.3, -0.25) is 9.59 Å². The molecule has 0 saturated heterocycles. The van der Waals surface area contributed by atoms with E-state index in [0.29, 0.717) is 13.0 Å². The monoisotopic (exact) mass is 281 g/mol. The summed E-state index contributed by atoms with van der Waals surface area (Å²) in [5.41, 5.74) is 1.85. The van der Waals surface area contributed by atoms with Gasteiger partial charge in [0.05, 0.1) is 0 Å². The van der Waals surface area contributed by atoms with Gasteiger partial charge in [0.25, 0.3) is 0 Å². The van der Waals surface area contributed by atoms with Crippen LogP contribution in [0, 0.1) is 18.7 Å². The van der Waals surface area contributed by atoms with E-state index in [1.165, 1.54) is 12.1 Å². The highest BCUT2D eigenvalue weighted by molar-refractivity contribution is 5.77. The van der Waals surface area contributed by atoms with Crippen LogP contribution in [0.25, 0.3) is 0 Å². The van der Waals surface area contributed by atoms with E-state index in [-0.39, 0.29) is 30.5 Å². The molecule has 4 nitrogen and oxygen atoms in total. The van der Waals surface area contributed by atoms with Gasteiger partial charge in [0.15, 0.2) is 0 Å². The van der Waals surface area contributed by atoms with Crippen molar-refractivity contribution in [3.05, 3.63) is 35.1 Å². The normalized spacial score (nSPS) is 11.9. The summed E-state index contributed by atoms with van der Waals surface area (Å²) >= 11 is 0. The first kappa shape index (κ1) is 16.1. The maximum atomic E-state index is 12.9. The summed E-state index contributed by atoms with van der Waals surface area (Å²) in [6.45, 7) is 4.03. The molecule has 1 atom stereocenters. The molecule has 110 valence electrons. The third-order valence-corrected chi connectivity index (χ3v) is 3.08. The van der Waals surface area contributed by atoms with Crippen molar-refractivity contribution >= 4 is 11.9 Å². The Balaban J connectivity index is 2.33. The first-order valence-corrected chi connectivity index (χ1v) is 6.62. The summed E-state index contributed by atoms with van der Waals surface area (Å²) in [5, 5.41) is 11.4. The van der Waals surface area contributed by atoms with Gasteiger partial charge in [-0.1, -0.05) is 13.0 Å². The zero-order valence-electron chi connectivity index (χ0n) is 11.8. The highest BCUT2D eigenvalue weighted by atomic mass is 19.1. The van der Waals surface area contributed by atoms with Crippen LogP contribution in [0.4, 0.5) is 4.39 Å². The topological polar surface area (TPSA) is 66.4 Å². The Morgan fingerprint density at radius 3 is 2.65 bits per heavy atom. The number of carbonyl (C=O) groups excluding carboxylic acids is 1. The average molecular weight is 281 g/mol. The number of hydrogen-bond acceptors (Lipinski definition) is 2. The summed E-state index contributed by atoms with van der Waals surface area (Å²) < 4.78 is 12.9. The summed E-state index contributed by atoms with van der Waals surface area (Å²) in [6.07, 6.45) is 0.824. The number of benzene rings is 1. The van der Waals surface area contributed by atoms with Gasteiger partial charge in [-0.05, 0) is 42.5 Å². The van der Waals surface area contributed by atoms with Gasteiger partial charge >= 0.3 is 5.97 Å². The van der Waals surface area contributed by atoms with Gasteiger partial charge in [-0.25, -0.2) is 4.39 Å². The molecule has 2 N–H and O–H groups in total. The minimum Gasteiger partial charge on any atom is -0.481 e. The minimum atomic E-state index is -0.896. The molecular formula is C15H20FNO3. The molecular weight excluding hydrogens is 261 g/mol. The SMILES string of the molecule is Cc1cc(F)ccc1CCNC(=O)CC(C)CC(=O)O. The van der Waals surface area contributed by atoms with Crippen molar-refractivity contribution in [2.75, 3.05) is 6.54 Å². The van der Waals surface area contributed by atoms with Crippen molar-refractivity contribution < 1.29 is 19.1 Å². The number of aryl methyl sites for hydroxylation is 1. The lowest BCUT2D eigenvalue weighted by atomic mass is 10.0. The maximum absolute atomic E-state index is 12.9. The predicted octanol–water partition coefficient (Wildman–Crippen LogP) is 2.29. The van der Waals surface area contributed by atoms with Crippen LogP contribution in [0.2, 0.25) is 0 Å². The zero-order valence-corrected chi connectivity index (χ0v) is 11.8. The van der Waals surface area contributed by atoms with Gasteiger partial charge in [-0.2, -0.15) is 0 Å². The zero-order chi connectivity index (χ0) is 15.1. The number of carbonyl (C=O) groups is 2. The van der Waals surface area contributed by atoms with Crippen LogP contribution >= 0.6 is 0 Å². The van der Waals surface area contributed by atoms with E-state index in [4.69, 9.17) is 5.11 Å². The molecule has 1 rings (SSSR count). The predicted molar refractivity (Wildman–Crippen MR) is 73.9 cm³/mol. The number of halogens is 1. The van der Waals surface area contributed by atoms with E-state index in [1.807, 2.05) is 6.92 Å². The summed E-state index contributed by atoms with van der Waals surface area (Å²) in [4.78, 5) is 22.1. The van der Waals surface area contributed by atoms with E-state index < -0.39 is 5.97 Å². The molecule has 20 heavy (non-hydrogen) atoms. The third-order valence-electron chi connectivity index (χ3n) is 3.08. The lowest BCUT2D eigenvalue weighted by Gasteiger charge is -2.10. The first-order valence-electron chi connectivity index (χ1n) is 6.62. The van der Waals surface area contributed by atoms with Gasteiger partial charge in [0.2, 0.25) is 5.91 Å². The molecule has 0 heterocycles. The van der Waals surface area contributed by atoms with Crippen LogP contribution in [-0.2, 0) is 16.0 Å². The molecule has 0 aliphatic rings. The largest absolute Gasteiger partial charge is 0.481 e. The summed E-state index contributed by atoms with van der Waals surface area (Å²) in [5.74, 6) is -1.50. The van der Waals surface area contributed by atoms with Crippen LogP contribution in [0.5, 0.6) is 0 Å². The second kappa shape index (κ2) is 7.62. The van der Waals surface area contributed by atoms with E-state index in [1.54, 1.807) is 13.0 Å². The second-order valence-electron chi connectivity index (χ2n) is 5.08. The van der Waals surface area contributed by atoms with Crippen molar-refractivity contribution in [2.24, 2.45) is 5.92 Å². The number of carboxylic acids is 1. The molecule has 0 fully saturated rings. The summed E-state index contributed by atoms with van der Waals surface area (Å²) in [6, 6.07) is 4.58. The number of rotatable bonds is 7. The van der Waals surface area contributed by atoms with Crippen LogP contribution in [0.3, 0.4) is 0 Å². The highest BCUT2D eigenvalue weighted by Crippen LogP contribution is 2.10. The van der Waals surface area contributed by atoms with Gasteiger partial charge < -0.3 is 10.4 Å². The Morgan fingerprint density at radius 2 is 2.05 bits per heavy atom. The molecule has 0 aliphatic carbocycles. The molecule has 1 unspecified atom stereocenters. The summed E-state index contributed by atoms with van der Waals surface area (Å²) in [7, 11) is 0. The van der Waals surface area contributed by atoms with E-state index in [9.17, 15) is 14.0 Å². The maximum Gasteiger partial charge on any atom is 0.303 e. The first-order chi connectivity index (χ1) is 9.38. The molecule has 5 heteroatoms. The molecule has 0 radical (unpaired) electrons. The Bertz CT molecular complexity index is 488. The van der Waals surface area contributed by atoms with Crippen molar-refractivity contribution in [1.29, 1.82) is 0 Å². The van der Waals surface area contributed by atoms with Crippen molar-refractivity contribution in [2.45, 2.75) is 33.1 Å². The molecule has 1 aromatic rings. The lowest BCUT2D eigenvalue weighted by Crippen LogP contribution is -2.27. The van der Waals surface area contributed by atoms with Crippen molar-refractivity contribution in [3.8, 4) is 0 Å². The molecule has 0 bridgehead atoms. The molecule has 0 aromatic heterocycles. The number of aliphatic carboxylic acids is 1. The number of nitrogens with one attached hydrogen (secondary N) is 1. The molecule has 1 aromatic carbocycles. The van der Waals surface area contributed by atoms with Crippen LogP contribution < -0.4 is 5.32 Å². The Labute approximate surface area is 118 Å². The standard InChI is InChI=1S/C15H20FNO3/c1-10(8-15(19)20)7-14(18)17-6-5-12-3-4-13(16)9-11(12)2/h3-4,9-10H,5-8H2,1-2H3,(H,17,18)(H,19,20). The molecule has 1 amide bonds. The minimum absolute atomic E-state index is 0.00943. The third kappa shape index (κ3) is 5.82. The Morgan fingerprint density at radius 1 is 1.35 bits per heavy atom. The van der Waals surface area contributed by atoms with E-state index >= 15 is 0 Å². The number of carboxylic acid groups (broad SMARTS) is 1. The number of hydrogen-bond donors (Lipinski definition) is 2. The molecule has 0 saturated carbocycles. The smallest absolute Gasteiger partial charge is 0.303 e. The Hall–Kier alpha value is -1.91. The van der Waals surface area contributed by atoms with Crippen molar-refractivity contribution in [1.82, 2.24) is 5.32 Å². The highest BCUT2D eigenvalue weighted by Gasteiger charge is 2.12. The van der Waals surface area contributed by atoms with Gasteiger partial charge in [0, 0.05) is 19.4 Å². The van der Waals surface area contributed by atoms with Crippen LogP contribution in [-0.4, -0.2) is 23.5 Å². The van der Waals surface area contributed by atoms with E-state index in [2.05, 4.69) is 5.32 Å². The fourth-order valence-electron chi connectivity index (χ4n) is 2.04. The van der Waals surface area contributed by atoms with Crippen molar-refractivity contribution in [3.63, 3.8) is 0 Å². The fourth-order valence-corrected chi connectivity index (χ4v) is 2.04. The van der Waals surface area contributed by atoms with Crippen LogP contribution in [0.1, 0.15) is 30.9 Å². The molecule has 0 aliphatic heterocycles. The fraction of sp³-hybridized carbons (Fsp3) is 0.467. The lowest BCUT2D eigenvalue weighted by molar-refractivity contribution is -0.138. The quantitative estimate of drug-likeness (QED) is 0.806. The van der Waals surface area contributed by atoms with Gasteiger partial charge in [-0.15, -0.1) is 0 Å². The second-order valence-corrected chi connectivity index (χ2v) is 5.08. The van der Waals surface area contributed by atoms with Gasteiger partial charge in [0.1, 0.15) is 5.82 Å². The Kier molecular flexibility index (Phi) is 6.15. The van der Waals surface area contributed by atoms with E-state index in [0.717, 1.165) is 11.1 Å².